The standard InChI is InChI=1S/C15H21N7O3S/c1-2-7-21-12(16)11(13(24)17-14(21)25)10(23)8-26-15-18-19-20-22(15)9-5-3-4-6-9/h9H,2-8,16H2,1H3,(H,17,24,25). The lowest BCUT2D eigenvalue weighted by atomic mass is 10.2. The van der Waals surface area contributed by atoms with Crippen LogP contribution in [0.2, 0.25) is 0 Å². The second-order valence-corrected chi connectivity index (χ2v) is 7.17. The fraction of sp³-hybridized carbons (Fsp3) is 0.600. The number of Topliss-reactive ketones (excluding diaryl/α,β-unsaturated/α-hetero) is 1. The van der Waals surface area contributed by atoms with Gasteiger partial charge in [-0.05, 0) is 29.7 Å². The second-order valence-electron chi connectivity index (χ2n) is 6.23. The number of aromatic amines is 1. The second kappa shape index (κ2) is 7.85. The molecule has 0 bridgehead atoms. The number of H-pyrrole nitrogens is 1. The Bertz CT molecular complexity index is 911. The topological polar surface area (TPSA) is 142 Å². The van der Waals surface area contributed by atoms with E-state index >= 15 is 0 Å². The van der Waals surface area contributed by atoms with Gasteiger partial charge in [0.2, 0.25) is 5.16 Å². The molecule has 11 heteroatoms. The average Bonchev–Trinajstić information content (AvgIpc) is 3.27. The zero-order chi connectivity index (χ0) is 18.7. The number of aromatic nitrogens is 6. The lowest BCUT2D eigenvalue weighted by molar-refractivity contribution is 0.102. The van der Waals surface area contributed by atoms with Crippen molar-refractivity contribution in [3.05, 3.63) is 26.4 Å². The molecule has 0 radical (unpaired) electrons. The van der Waals surface area contributed by atoms with Crippen LogP contribution in [0.4, 0.5) is 5.82 Å². The summed E-state index contributed by atoms with van der Waals surface area (Å²) in [5.41, 5.74) is 4.36. The first-order valence-corrected chi connectivity index (χ1v) is 9.58. The van der Waals surface area contributed by atoms with E-state index in [9.17, 15) is 14.4 Å². The van der Waals surface area contributed by atoms with Crippen molar-refractivity contribution in [1.82, 2.24) is 29.8 Å². The van der Waals surface area contributed by atoms with Gasteiger partial charge in [0.05, 0.1) is 11.8 Å². The first-order valence-electron chi connectivity index (χ1n) is 8.59. The third-order valence-corrected chi connectivity index (χ3v) is 5.36. The summed E-state index contributed by atoms with van der Waals surface area (Å²) >= 11 is 1.17. The first kappa shape index (κ1) is 18.4. The van der Waals surface area contributed by atoms with Gasteiger partial charge < -0.3 is 5.73 Å². The third kappa shape index (κ3) is 3.57. The minimum absolute atomic E-state index is 0.0370. The summed E-state index contributed by atoms with van der Waals surface area (Å²) in [6, 6.07) is 0.252. The Morgan fingerprint density at radius 2 is 2.08 bits per heavy atom. The van der Waals surface area contributed by atoms with Gasteiger partial charge >= 0.3 is 5.69 Å². The zero-order valence-corrected chi connectivity index (χ0v) is 15.3. The number of nitrogen functional groups attached to an aromatic ring is 1. The summed E-state index contributed by atoms with van der Waals surface area (Å²) in [6.07, 6.45) is 4.95. The number of hydrogen-bond donors (Lipinski definition) is 2. The van der Waals surface area contributed by atoms with Crippen LogP contribution in [0.1, 0.15) is 55.4 Å². The SMILES string of the molecule is CCCn1c(N)c(C(=O)CSc2nnnn2C2CCCC2)c(=O)[nH]c1=O. The van der Waals surface area contributed by atoms with Crippen LogP contribution in [0.5, 0.6) is 0 Å². The Morgan fingerprint density at radius 3 is 2.77 bits per heavy atom. The quantitative estimate of drug-likeness (QED) is 0.526. The molecule has 0 aliphatic heterocycles. The van der Waals surface area contributed by atoms with Crippen molar-refractivity contribution in [3.63, 3.8) is 0 Å². The van der Waals surface area contributed by atoms with Gasteiger partial charge in [-0.3, -0.25) is 19.1 Å². The fourth-order valence-electron chi connectivity index (χ4n) is 3.16. The van der Waals surface area contributed by atoms with Crippen molar-refractivity contribution in [2.75, 3.05) is 11.5 Å². The molecule has 26 heavy (non-hydrogen) atoms. The van der Waals surface area contributed by atoms with Crippen molar-refractivity contribution in [1.29, 1.82) is 0 Å². The molecular formula is C15H21N7O3S. The van der Waals surface area contributed by atoms with Crippen LogP contribution >= 0.6 is 11.8 Å². The van der Waals surface area contributed by atoms with Gasteiger partial charge in [0, 0.05) is 6.54 Å². The lowest BCUT2D eigenvalue weighted by Crippen LogP contribution is -2.36. The molecule has 1 saturated carbocycles. The predicted molar refractivity (Wildman–Crippen MR) is 96.4 cm³/mol. The van der Waals surface area contributed by atoms with Gasteiger partial charge in [0.15, 0.2) is 5.78 Å². The number of nitrogens with one attached hydrogen (secondary N) is 1. The van der Waals surface area contributed by atoms with Crippen molar-refractivity contribution in [2.45, 2.75) is 56.8 Å². The predicted octanol–water partition coefficient (Wildman–Crippen LogP) is 0.605. The lowest BCUT2D eigenvalue weighted by Gasteiger charge is -2.12. The van der Waals surface area contributed by atoms with Crippen molar-refractivity contribution < 1.29 is 4.79 Å². The molecule has 0 amide bonds. The smallest absolute Gasteiger partial charge is 0.329 e. The normalized spacial score (nSPS) is 14.8. The minimum atomic E-state index is -0.763. The number of hydrogen-bond acceptors (Lipinski definition) is 8. The summed E-state index contributed by atoms with van der Waals surface area (Å²) in [5.74, 6) is -0.591. The molecule has 1 aliphatic rings. The van der Waals surface area contributed by atoms with E-state index in [1.54, 1.807) is 4.68 Å². The Hall–Kier alpha value is -2.43. The van der Waals surface area contributed by atoms with Crippen molar-refractivity contribution in [3.8, 4) is 0 Å². The Morgan fingerprint density at radius 1 is 1.35 bits per heavy atom. The van der Waals surface area contributed by atoms with E-state index < -0.39 is 17.0 Å². The van der Waals surface area contributed by atoms with Gasteiger partial charge in [-0.2, -0.15) is 0 Å². The number of nitrogens with two attached hydrogens (primary N) is 1. The first-order chi connectivity index (χ1) is 12.5. The van der Waals surface area contributed by atoms with Crippen LogP contribution in [-0.4, -0.2) is 41.3 Å². The Kier molecular flexibility index (Phi) is 5.55. The average molecular weight is 379 g/mol. The highest BCUT2D eigenvalue weighted by molar-refractivity contribution is 7.99. The van der Waals surface area contributed by atoms with E-state index in [4.69, 9.17) is 5.73 Å². The molecule has 2 aromatic rings. The van der Waals surface area contributed by atoms with Gasteiger partial charge in [0.25, 0.3) is 5.56 Å². The molecule has 3 rings (SSSR count). The van der Waals surface area contributed by atoms with Crippen molar-refractivity contribution >= 4 is 23.4 Å². The molecular weight excluding hydrogens is 358 g/mol. The molecule has 0 unspecified atom stereocenters. The molecule has 1 aliphatic carbocycles. The number of carbonyl (C=O) groups excluding carboxylic acids is 1. The van der Waals surface area contributed by atoms with Crippen molar-refractivity contribution in [2.24, 2.45) is 0 Å². The molecule has 0 atom stereocenters. The minimum Gasteiger partial charge on any atom is -0.384 e. The number of nitrogens with zero attached hydrogens (tertiary/aromatic N) is 5. The van der Waals surface area contributed by atoms with Crippen LogP contribution in [0, 0.1) is 0 Å². The maximum absolute atomic E-state index is 12.6. The molecule has 10 nitrogen and oxygen atoms in total. The molecule has 0 saturated heterocycles. The fourth-order valence-corrected chi connectivity index (χ4v) is 3.98. The molecule has 140 valence electrons. The van der Waals surface area contributed by atoms with Crippen LogP contribution in [0.25, 0.3) is 0 Å². The van der Waals surface area contributed by atoms with Crippen LogP contribution in [0.3, 0.4) is 0 Å². The van der Waals surface area contributed by atoms with Gasteiger partial charge in [-0.15, -0.1) is 5.10 Å². The Balaban J connectivity index is 1.79. The van der Waals surface area contributed by atoms with E-state index in [-0.39, 0.29) is 23.2 Å². The van der Waals surface area contributed by atoms with E-state index in [1.165, 1.54) is 16.3 Å². The van der Waals surface area contributed by atoms with E-state index in [0.29, 0.717) is 18.1 Å². The molecule has 1 fully saturated rings. The highest BCUT2D eigenvalue weighted by Gasteiger charge is 2.24. The van der Waals surface area contributed by atoms with Gasteiger partial charge in [0.1, 0.15) is 11.4 Å². The largest absolute Gasteiger partial charge is 0.384 e. The Labute approximate surface area is 153 Å². The molecule has 0 aromatic carbocycles. The summed E-state index contributed by atoms with van der Waals surface area (Å²) in [4.78, 5) is 38.6. The molecule has 2 aromatic heterocycles. The van der Waals surface area contributed by atoms with E-state index in [2.05, 4.69) is 20.5 Å². The molecule has 3 N–H and O–H groups in total. The van der Waals surface area contributed by atoms with Crippen LogP contribution < -0.4 is 17.0 Å². The number of thioether (sulfide) groups is 1. The highest BCUT2D eigenvalue weighted by atomic mass is 32.2. The molecule has 2 heterocycles. The number of rotatable bonds is 7. The molecule has 0 spiro atoms. The third-order valence-electron chi connectivity index (χ3n) is 4.43. The summed E-state index contributed by atoms with van der Waals surface area (Å²) < 4.78 is 2.96. The summed E-state index contributed by atoms with van der Waals surface area (Å²) in [5, 5.41) is 12.2. The number of ketones is 1. The van der Waals surface area contributed by atoms with E-state index in [1.807, 2.05) is 6.92 Å². The zero-order valence-electron chi connectivity index (χ0n) is 14.5. The van der Waals surface area contributed by atoms with Gasteiger partial charge in [-0.1, -0.05) is 31.5 Å². The van der Waals surface area contributed by atoms with E-state index in [0.717, 1.165) is 25.7 Å². The number of tetrazole rings is 1. The number of anilines is 1. The maximum atomic E-state index is 12.6. The maximum Gasteiger partial charge on any atom is 0.329 e. The summed E-state index contributed by atoms with van der Waals surface area (Å²) in [7, 11) is 0. The highest BCUT2D eigenvalue weighted by Crippen LogP contribution is 2.31. The number of carbonyl (C=O) groups is 1. The van der Waals surface area contributed by atoms with Crippen LogP contribution in [0.15, 0.2) is 14.7 Å². The van der Waals surface area contributed by atoms with Gasteiger partial charge in [-0.25, -0.2) is 9.48 Å². The summed E-state index contributed by atoms with van der Waals surface area (Å²) in [6.45, 7) is 2.20. The monoisotopic (exact) mass is 379 g/mol. The van der Waals surface area contributed by atoms with Crippen LogP contribution in [-0.2, 0) is 6.54 Å².